The predicted octanol–water partition coefficient (Wildman–Crippen LogP) is 4.87. The van der Waals surface area contributed by atoms with Gasteiger partial charge in [-0.1, -0.05) is 48.1 Å². The molecule has 0 aromatic heterocycles. The van der Waals surface area contributed by atoms with Crippen LogP contribution in [0, 0.1) is 5.92 Å². The van der Waals surface area contributed by atoms with Crippen molar-refractivity contribution in [3.8, 4) is 0 Å². The molecule has 2 heterocycles. The molecule has 2 aromatic rings. The zero-order valence-electron chi connectivity index (χ0n) is 13.9. The van der Waals surface area contributed by atoms with Gasteiger partial charge in [0.05, 0.1) is 18.1 Å². The Labute approximate surface area is 156 Å². The molecular weight excluding hydrogens is 354 g/mol. The van der Waals surface area contributed by atoms with Gasteiger partial charge in [-0.3, -0.25) is 4.79 Å². The van der Waals surface area contributed by atoms with Crippen LogP contribution in [-0.4, -0.2) is 26.2 Å². The van der Waals surface area contributed by atoms with Gasteiger partial charge in [-0.2, -0.15) is 0 Å². The Balaban J connectivity index is 1.64. The van der Waals surface area contributed by atoms with Gasteiger partial charge in [0.1, 0.15) is 0 Å². The minimum Gasteiger partial charge on any atom is -0.469 e. The van der Waals surface area contributed by atoms with E-state index in [0.717, 1.165) is 50.2 Å². The summed E-state index contributed by atoms with van der Waals surface area (Å²) in [6.07, 6.45) is 0.832. The van der Waals surface area contributed by atoms with Gasteiger partial charge in [0, 0.05) is 28.6 Å². The van der Waals surface area contributed by atoms with Gasteiger partial charge in [-0.15, -0.1) is 0 Å². The normalized spacial score (nSPS) is 18.7. The summed E-state index contributed by atoms with van der Waals surface area (Å²) in [6.45, 7) is 5.83. The van der Waals surface area contributed by atoms with Crippen molar-refractivity contribution in [2.24, 2.45) is 5.92 Å². The van der Waals surface area contributed by atoms with E-state index in [1.54, 1.807) is 11.8 Å². The number of methoxy groups -OCH3 is 1. The highest BCUT2D eigenvalue weighted by Gasteiger charge is 2.30. The molecule has 1 atom stereocenters. The number of carbonyl (C=O) groups is 1. The first-order valence-corrected chi connectivity index (χ1v) is 9.41. The second-order valence-electron chi connectivity index (χ2n) is 6.33. The van der Waals surface area contributed by atoms with Gasteiger partial charge in [0.2, 0.25) is 0 Å². The van der Waals surface area contributed by atoms with E-state index >= 15 is 0 Å². The van der Waals surface area contributed by atoms with Crippen LogP contribution in [0.1, 0.15) is 17.5 Å². The second-order valence-corrected chi connectivity index (χ2v) is 7.79. The van der Waals surface area contributed by atoms with Crippen LogP contribution in [0.3, 0.4) is 0 Å². The maximum Gasteiger partial charge on any atom is 0.310 e. The first-order chi connectivity index (χ1) is 12.1. The number of rotatable bonds is 2. The van der Waals surface area contributed by atoms with Crippen LogP contribution >= 0.6 is 23.4 Å². The number of anilines is 1. The molecule has 3 nitrogen and oxygen atoms in total. The molecule has 0 radical (unpaired) electrons. The van der Waals surface area contributed by atoms with E-state index in [4.69, 9.17) is 16.3 Å². The molecule has 0 aliphatic carbocycles. The molecule has 0 saturated carbocycles. The first-order valence-electron chi connectivity index (χ1n) is 8.21. The second kappa shape index (κ2) is 6.43. The number of nitrogens with zero attached hydrogens (tertiary/aromatic N) is 1. The maximum absolute atomic E-state index is 11.8. The summed E-state index contributed by atoms with van der Waals surface area (Å²) in [4.78, 5) is 16.2. The Morgan fingerprint density at radius 2 is 2.16 bits per heavy atom. The van der Waals surface area contributed by atoms with Crippen LogP contribution in [0.5, 0.6) is 0 Å². The highest BCUT2D eigenvalue weighted by Crippen LogP contribution is 2.48. The Bertz CT molecular complexity index is 880. The SMILES string of the molecule is C=C1c2ccc(N3CCC(C(=O)OC)C3)cc2Sc2c(Cl)cccc21. The van der Waals surface area contributed by atoms with Crippen molar-refractivity contribution in [2.75, 3.05) is 25.1 Å². The predicted molar refractivity (Wildman–Crippen MR) is 102 cm³/mol. The van der Waals surface area contributed by atoms with Crippen LogP contribution in [0.15, 0.2) is 52.8 Å². The lowest BCUT2D eigenvalue weighted by Crippen LogP contribution is -2.23. The van der Waals surface area contributed by atoms with Gasteiger partial charge in [0.25, 0.3) is 0 Å². The van der Waals surface area contributed by atoms with E-state index in [1.165, 1.54) is 7.11 Å². The molecule has 0 bridgehead atoms. The largest absolute Gasteiger partial charge is 0.469 e. The van der Waals surface area contributed by atoms with E-state index in [0.29, 0.717) is 6.54 Å². The molecule has 2 aliphatic rings. The van der Waals surface area contributed by atoms with Crippen molar-refractivity contribution in [1.29, 1.82) is 0 Å². The number of hydrogen-bond acceptors (Lipinski definition) is 4. The smallest absolute Gasteiger partial charge is 0.310 e. The molecular formula is C20H18ClNO2S. The standard InChI is InChI=1S/C20H18ClNO2S/c1-12-15-7-6-14(22-9-8-13(11-22)20(23)24-2)10-18(15)25-19-16(12)4-3-5-17(19)21/h3-7,10,13H,1,8-9,11H2,2H3. The van der Waals surface area contributed by atoms with Crippen molar-refractivity contribution in [3.63, 3.8) is 0 Å². The zero-order valence-corrected chi connectivity index (χ0v) is 15.5. The summed E-state index contributed by atoms with van der Waals surface area (Å²) in [5.74, 6) is -0.164. The molecule has 2 aliphatic heterocycles. The average Bonchev–Trinajstić information content (AvgIpc) is 3.12. The number of fused-ring (bicyclic) bond motifs is 2. The number of halogens is 1. The highest BCUT2D eigenvalue weighted by atomic mass is 35.5. The molecule has 1 fully saturated rings. The fraction of sp³-hybridized carbons (Fsp3) is 0.250. The minimum atomic E-state index is -0.121. The fourth-order valence-corrected chi connectivity index (χ4v) is 4.96. The van der Waals surface area contributed by atoms with Gasteiger partial charge in [0.15, 0.2) is 0 Å². The van der Waals surface area contributed by atoms with Crippen LogP contribution in [0.25, 0.3) is 5.57 Å². The number of hydrogen-bond donors (Lipinski definition) is 0. The molecule has 25 heavy (non-hydrogen) atoms. The Morgan fingerprint density at radius 3 is 2.96 bits per heavy atom. The molecule has 2 aromatic carbocycles. The quantitative estimate of drug-likeness (QED) is 0.601. The van der Waals surface area contributed by atoms with Crippen molar-refractivity contribution < 1.29 is 9.53 Å². The molecule has 128 valence electrons. The van der Waals surface area contributed by atoms with Crippen molar-refractivity contribution in [3.05, 3.63) is 59.1 Å². The van der Waals surface area contributed by atoms with Crippen molar-refractivity contribution in [2.45, 2.75) is 16.2 Å². The molecule has 0 spiro atoms. The maximum atomic E-state index is 11.8. The summed E-state index contributed by atoms with van der Waals surface area (Å²) in [5, 5.41) is 0.756. The van der Waals surface area contributed by atoms with Gasteiger partial charge in [-0.05, 0) is 41.3 Å². The van der Waals surface area contributed by atoms with Gasteiger partial charge < -0.3 is 9.64 Å². The number of carbonyl (C=O) groups excluding carboxylic acids is 1. The van der Waals surface area contributed by atoms with Crippen molar-refractivity contribution >= 4 is 40.6 Å². The molecule has 0 N–H and O–H groups in total. The zero-order chi connectivity index (χ0) is 17.6. The first kappa shape index (κ1) is 16.6. The molecule has 0 amide bonds. The van der Waals surface area contributed by atoms with E-state index in [9.17, 15) is 4.79 Å². The molecule has 1 unspecified atom stereocenters. The summed E-state index contributed by atoms with van der Waals surface area (Å²) in [5.41, 5.74) is 4.38. The Kier molecular flexibility index (Phi) is 4.26. The third-order valence-electron chi connectivity index (χ3n) is 4.88. The average molecular weight is 372 g/mol. The van der Waals surface area contributed by atoms with Crippen LogP contribution in [0.2, 0.25) is 5.02 Å². The van der Waals surface area contributed by atoms with E-state index < -0.39 is 0 Å². The molecule has 1 saturated heterocycles. The van der Waals surface area contributed by atoms with Crippen LogP contribution < -0.4 is 4.90 Å². The number of esters is 1. The summed E-state index contributed by atoms with van der Waals surface area (Å²) >= 11 is 8.07. The number of benzene rings is 2. The lowest BCUT2D eigenvalue weighted by Gasteiger charge is -2.25. The van der Waals surface area contributed by atoms with Crippen molar-refractivity contribution in [1.82, 2.24) is 0 Å². The topological polar surface area (TPSA) is 29.5 Å². The van der Waals surface area contributed by atoms with Gasteiger partial charge >= 0.3 is 5.97 Å². The highest BCUT2D eigenvalue weighted by molar-refractivity contribution is 7.99. The Hall–Kier alpha value is -1.91. The van der Waals surface area contributed by atoms with E-state index in [1.807, 2.05) is 12.1 Å². The molecule has 5 heteroatoms. The van der Waals surface area contributed by atoms with Crippen LogP contribution in [-0.2, 0) is 9.53 Å². The van der Waals surface area contributed by atoms with E-state index in [2.05, 4.69) is 35.7 Å². The Morgan fingerprint density at radius 1 is 1.32 bits per heavy atom. The summed E-state index contributed by atoms with van der Waals surface area (Å²) in [7, 11) is 1.45. The van der Waals surface area contributed by atoms with Gasteiger partial charge in [-0.25, -0.2) is 0 Å². The lowest BCUT2D eigenvalue weighted by atomic mass is 9.98. The van der Waals surface area contributed by atoms with Crippen LogP contribution in [0.4, 0.5) is 5.69 Å². The summed E-state index contributed by atoms with van der Waals surface area (Å²) < 4.78 is 4.88. The number of ether oxygens (including phenoxy) is 1. The fourth-order valence-electron chi connectivity index (χ4n) is 3.50. The third kappa shape index (κ3) is 2.83. The lowest BCUT2D eigenvalue weighted by molar-refractivity contribution is -0.144. The third-order valence-corrected chi connectivity index (χ3v) is 6.51. The monoisotopic (exact) mass is 371 g/mol. The van der Waals surface area contributed by atoms with E-state index in [-0.39, 0.29) is 11.9 Å². The minimum absolute atomic E-state index is 0.0428. The summed E-state index contributed by atoms with van der Waals surface area (Å²) in [6, 6.07) is 12.3. The molecule has 4 rings (SSSR count).